The molecule has 2 rings (SSSR count). The maximum Gasteiger partial charge on any atom is 0.139 e. The van der Waals surface area contributed by atoms with Gasteiger partial charge < -0.3 is 0 Å². The molecule has 0 heterocycles. The van der Waals surface area contributed by atoms with Crippen molar-refractivity contribution in [3.63, 3.8) is 0 Å². The number of carbonyl (C=O) groups is 1. The van der Waals surface area contributed by atoms with Crippen LogP contribution in [0.25, 0.3) is 0 Å². The molecule has 74 valence electrons. The Balaban J connectivity index is 2.27. The minimum Gasteiger partial charge on any atom is -0.299 e. The lowest BCUT2D eigenvalue weighted by Gasteiger charge is -2.42. The highest BCUT2D eigenvalue weighted by Crippen LogP contribution is 2.53. The van der Waals surface area contributed by atoms with Gasteiger partial charge in [-0.2, -0.15) is 0 Å². The fraction of sp³-hybridized carbons (Fsp3) is 0.917. The van der Waals surface area contributed by atoms with Crippen LogP contribution in [0.1, 0.15) is 46.5 Å². The Bertz CT molecular complexity index is 233. The zero-order valence-electron chi connectivity index (χ0n) is 8.97. The van der Waals surface area contributed by atoms with Gasteiger partial charge >= 0.3 is 0 Å². The molecule has 2 aliphatic carbocycles. The average molecular weight is 180 g/mol. The third-order valence-electron chi connectivity index (χ3n) is 4.37. The van der Waals surface area contributed by atoms with Crippen molar-refractivity contribution in [2.75, 3.05) is 0 Å². The van der Waals surface area contributed by atoms with Crippen molar-refractivity contribution < 1.29 is 4.79 Å². The molecule has 0 amide bonds. The summed E-state index contributed by atoms with van der Waals surface area (Å²) in [5, 5.41) is 0. The first-order chi connectivity index (χ1) is 6.04. The van der Waals surface area contributed by atoms with E-state index in [-0.39, 0.29) is 5.41 Å². The van der Waals surface area contributed by atoms with Crippen LogP contribution in [0.2, 0.25) is 0 Å². The normalized spacial score (nSPS) is 50.7. The topological polar surface area (TPSA) is 17.1 Å². The van der Waals surface area contributed by atoms with Crippen molar-refractivity contribution in [2.24, 2.45) is 23.2 Å². The van der Waals surface area contributed by atoms with Crippen LogP contribution in [-0.2, 0) is 4.79 Å². The van der Waals surface area contributed by atoms with Gasteiger partial charge in [0.2, 0.25) is 0 Å². The second-order valence-electron chi connectivity index (χ2n) is 5.51. The fourth-order valence-electron chi connectivity index (χ4n) is 3.88. The molecule has 0 spiro atoms. The van der Waals surface area contributed by atoms with Crippen LogP contribution in [0.5, 0.6) is 0 Å². The van der Waals surface area contributed by atoms with Crippen molar-refractivity contribution >= 4 is 5.78 Å². The summed E-state index contributed by atoms with van der Waals surface area (Å²) in [4.78, 5) is 11.8. The van der Waals surface area contributed by atoms with Gasteiger partial charge in [-0.05, 0) is 37.0 Å². The SMILES string of the molecule is C[C@@H]1C[C@H](C)[C@H]2CCC(=O)[C@]2(C)C1. The number of ketones is 1. The molecular weight excluding hydrogens is 160 g/mol. The lowest BCUT2D eigenvalue weighted by atomic mass is 9.61. The number of carbonyl (C=O) groups excluding carboxylic acids is 1. The Kier molecular flexibility index (Phi) is 2.01. The molecule has 1 nitrogen and oxygen atoms in total. The van der Waals surface area contributed by atoms with Gasteiger partial charge in [0, 0.05) is 11.8 Å². The molecular formula is C12H20O. The molecule has 2 aliphatic rings. The van der Waals surface area contributed by atoms with E-state index in [1.807, 2.05) is 0 Å². The zero-order chi connectivity index (χ0) is 9.64. The lowest BCUT2D eigenvalue weighted by Crippen LogP contribution is -2.39. The number of hydrogen-bond donors (Lipinski definition) is 0. The van der Waals surface area contributed by atoms with Crippen LogP contribution >= 0.6 is 0 Å². The van der Waals surface area contributed by atoms with Gasteiger partial charge in [0.05, 0.1) is 0 Å². The first kappa shape index (κ1) is 9.23. The number of rotatable bonds is 0. The van der Waals surface area contributed by atoms with Gasteiger partial charge in [0.1, 0.15) is 5.78 Å². The zero-order valence-corrected chi connectivity index (χ0v) is 8.97. The fourth-order valence-corrected chi connectivity index (χ4v) is 3.88. The molecule has 0 unspecified atom stereocenters. The van der Waals surface area contributed by atoms with E-state index in [9.17, 15) is 4.79 Å². The number of fused-ring (bicyclic) bond motifs is 1. The predicted molar refractivity (Wildman–Crippen MR) is 53.4 cm³/mol. The Morgan fingerprint density at radius 3 is 2.77 bits per heavy atom. The van der Waals surface area contributed by atoms with Crippen molar-refractivity contribution in [1.29, 1.82) is 0 Å². The maximum absolute atomic E-state index is 11.8. The standard InChI is InChI=1S/C12H20O/c1-8-6-9(2)10-4-5-11(13)12(10,3)7-8/h8-10H,4-7H2,1-3H3/t8-,9+,10-,12-/m1/s1. The highest BCUT2D eigenvalue weighted by atomic mass is 16.1. The van der Waals surface area contributed by atoms with Crippen LogP contribution in [0.15, 0.2) is 0 Å². The Morgan fingerprint density at radius 1 is 1.38 bits per heavy atom. The van der Waals surface area contributed by atoms with E-state index in [4.69, 9.17) is 0 Å². The summed E-state index contributed by atoms with van der Waals surface area (Å²) in [6.07, 6.45) is 4.47. The van der Waals surface area contributed by atoms with E-state index in [2.05, 4.69) is 20.8 Å². The summed E-state index contributed by atoms with van der Waals surface area (Å²) < 4.78 is 0. The molecule has 0 aromatic heterocycles. The van der Waals surface area contributed by atoms with E-state index >= 15 is 0 Å². The van der Waals surface area contributed by atoms with Crippen LogP contribution in [-0.4, -0.2) is 5.78 Å². The summed E-state index contributed by atoms with van der Waals surface area (Å²) in [7, 11) is 0. The lowest BCUT2D eigenvalue weighted by molar-refractivity contribution is -0.129. The van der Waals surface area contributed by atoms with Gasteiger partial charge in [-0.15, -0.1) is 0 Å². The van der Waals surface area contributed by atoms with Crippen molar-refractivity contribution in [3.05, 3.63) is 0 Å². The van der Waals surface area contributed by atoms with Crippen molar-refractivity contribution in [2.45, 2.75) is 46.5 Å². The number of Topliss-reactive ketones (excluding diaryl/α,β-unsaturated/α-hetero) is 1. The second kappa shape index (κ2) is 2.83. The molecule has 2 saturated carbocycles. The van der Waals surface area contributed by atoms with Gasteiger partial charge in [0.15, 0.2) is 0 Å². The largest absolute Gasteiger partial charge is 0.299 e. The van der Waals surface area contributed by atoms with Crippen LogP contribution in [0, 0.1) is 23.2 Å². The molecule has 0 radical (unpaired) electrons. The van der Waals surface area contributed by atoms with Gasteiger partial charge in [-0.25, -0.2) is 0 Å². The minimum atomic E-state index is 0.0527. The summed E-state index contributed by atoms with van der Waals surface area (Å²) >= 11 is 0. The minimum absolute atomic E-state index is 0.0527. The van der Waals surface area contributed by atoms with Crippen LogP contribution < -0.4 is 0 Å². The smallest absolute Gasteiger partial charge is 0.139 e. The quantitative estimate of drug-likeness (QED) is 0.560. The molecule has 0 aromatic rings. The van der Waals surface area contributed by atoms with Gasteiger partial charge in [-0.1, -0.05) is 20.8 Å². The molecule has 0 saturated heterocycles. The van der Waals surface area contributed by atoms with Crippen molar-refractivity contribution in [3.8, 4) is 0 Å². The third kappa shape index (κ3) is 1.24. The monoisotopic (exact) mass is 180 g/mol. The molecule has 0 N–H and O–H groups in total. The van der Waals surface area contributed by atoms with E-state index in [0.29, 0.717) is 11.7 Å². The van der Waals surface area contributed by atoms with E-state index in [1.54, 1.807) is 0 Å². The highest BCUT2D eigenvalue weighted by molar-refractivity contribution is 5.87. The maximum atomic E-state index is 11.8. The average Bonchev–Trinajstić information content (AvgIpc) is 2.27. The van der Waals surface area contributed by atoms with Crippen LogP contribution in [0.4, 0.5) is 0 Å². The molecule has 0 aromatic carbocycles. The van der Waals surface area contributed by atoms with E-state index in [0.717, 1.165) is 31.1 Å². The second-order valence-corrected chi connectivity index (χ2v) is 5.51. The number of hydrogen-bond acceptors (Lipinski definition) is 1. The molecule has 4 atom stereocenters. The summed E-state index contributed by atoms with van der Waals surface area (Å²) in [6, 6.07) is 0. The first-order valence-corrected chi connectivity index (χ1v) is 5.57. The highest BCUT2D eigenvalue weighted by Gasteiger charge is 2.51. The summed E-state index contributed by atoms with van der Waals surface area (Å²) in [5.41, 5.74) is 0.0527. The first-order valence-electron chi connectivity index (χ1n) is 5.57. The van der Waals surface area contributed by atoms with Crippen LogP contribution in [0.3, 0.4) is 0 Å². The summed E-state index contributed by atoms with van der Waals surface area (Å²) in [5.74, 6) is 2.74. The van der Waals surface area contributed by atoms with Crippen molar-refractivity contribution in [1.82, 2.24) is 0 Å². The van der Waals surface area contributed by atoms with Gasteiger partial charge in [-0.3, -0.25) is 4.79 Å². The van der Waals surface area contributed by atoms with Gasteiger partial charge in [0.25, 0.3) is 0 Å². The predicted octanol–water partition coefficient (Wildman–Crippen LogP) is 3.04. The molecule has 13 heavy (non-hydrogen) atoms. The molecule has 0 aliphatic heterocycles. The third-order valence-corrected chi connectivity index (χ3v) is 4.37. The Hall–Kier alpha value is -0.330. The van der Waals surface area contributed by atoms with E-state index in [1.165, 1.54) is 6.42 Å². The van der Waals surface area contributed by atoms with E-state index < -0.39 is 0 Å². The molecule has 1 heteroatoms. The Labute approximate surface area is 80.9 Å². The Morgan fingerprint density at radius 2 is 2.08 bits per heavy atom. The molecule has 0 bridgehead atoms. The molecule has 2 fully saturated rings. The summed E-state index contributed by atoms with van der Waals surface area (Å²) in [6.45, 7) is 6.83.